The quantitative estimate of drug-likeness (QED) is 0.344. The zero-order chi connectivity index (χ0) is 23.1. The van der Waals surface area contributed by atoms with Gasteiger partial charge >= 0.3 is 0 Å². The number of nitrogen functional groups attached to an aromatic ring is 1. The molecule has 0 aliphatic carbocycles. The van der Waals surface area contributed by atoms with Gasteiger partial charge in [0.15, 0.2) is 0 Å². The summed E-state index contributed by atoms with van der Waals surface area (Å²) in [6.07, 6.45) is 2.89. The van der Waals surface area contributed by atoms with Gasteiger partial charge in [-0.15, -0.1) is 11.3 Å². The average Bonchev–Trinajstić information content (AvgIpc) is 3.26. The molecule has 0 aliphatic heterocycles. The summed E-state index contributed by atoms with van der Waals surface area (Å²) >= 11 is 7.55. The van der Waals surface area contributed by atoms with E-state index in [0.29, 0.717) is 48.6 Å². The van der Waals surface area contributed by atoms with Crippen molar-refractivity contribution in [3.63, 3.8) is 0 Å². The van der Waals surface area contributed by atoms with Gasteiger partial charge in [0.2, 0.25) is 5.78 Å². The van der Waals surface area contributed by atoms with Crippen LogP contribution in [0.1, 0.15) is 32.0 Å². The van der Waals surface area contributed by atoms with E-state index in [1.165, 1.54) is 17.7 Å². The minimum Gasteiger partial charge on any atom is -0.382 e. The minimum absolute atomic E-state index is 0.262. The molecule has 3 N–H and O–H groups in total. The molecule has 33 heavy (non-hydrogen) atoms. The number of nitrogens with two attached hydrogens (primary N) is 1. The molecule has 0 saturated heterocycles. The Morgan fingerprint density at radius 3 is 2.64 bits per heavy atom. The number of fused-ring (bicyclic) bond motifs is 2. The maximum Gasteiger partial charge on any atom is 0.258 e. The van der Waals surface area contributed by atoms with Gasteiger partial charge in [-0.1, -0.05) is 35.9 Å². The van der Waals surface area contributed by atoms with Crippen molar-refractivity contribution >= 4 is 67.1 Å². The fraction of sp³-hybridized carbons (Fsp3) is 0.0417. The van der Waals surface area contributed by atoms with Crippen molar-refractivity contribution in [2.75, 3.05) is 11.1 Å². The Labute approximate surface area is 197 Å². The predicted molar refractivity (Wildman–Crippen MR) is 131 cm³/mol. The summed E-state index contributed by atoms with van der Waals surface area (Å²) in [5.74, 6) is -0.284. The molecule has 1 amide bonds. The summed E-state index contributed by atoms with van der Waals surface area (Å²) in [6.45, 7) is 1.89. The molecule has 7 nitrogen and oxygen atoms in total. The first kappa shape index (κ1) is 21.0. The number of ketones is 1. The largest absolute Gasteiger partial charge is 0.382 e. The molecular formula is C24H16ClN5O2S. The van der Waals surface area contributed by atoms with Crippen LogP contribution in [0.2, 0.25) is 5.02 Å². The van der Waals surface area contributed by atoms with E-state index in [-0.39, 0.29) is 17.4 Å². The summed E-state index contributed by atoms with van der Waals surface area (Å²) < 4.78 is 0.661. The van der Waals surface area contributed by atoms with Crippen LogP contribution in [0.3, 0.4) is 0 Å². The lowest BCUT2D eigenvalue weighted by atomic mass is 9.99. The summed E-state index contributed by atoms with van der Waals surface area (Å²) in [6, 6.07) is 12.3. The molecule has 0 aliphatic rings. The Morgan fingerprint density at radius 2 is 1.82 bits per heavy atom. The highest BCUT2D eigenvalue weighted by Gasteiger charge is 2.21. The minimum atomic E-state index is -0.328. The molecule has 162 valence electrons. The van der Waals surface area contributed by atoms with Gasteiger partial charge in [0.1, 0.15) is 17.8 Å². The fourth-order valence-corrected chi connectivity index (χ4v) is 4.82. The Morgan fingerprint density at radius 1 is 1.00 bits per heavy atom. The lowest BCUT2D eigenvalue weighted by molar-refractivity contribution is 0.102. The van der Waals surface area contributed by atoms with E-state index >= 15 is 0 Å². The molecular weight excluding hydrogens is 458 g/mol. The van der Waals surface area contributed by atoms with Gasteiger partial charge in [0, 0.05) is 27.9 Å². The van der Waals surface area contributed by atoms with Crippen LogP contribution >= 0.6 is 22.9 Å². The first-order chi connectivity index (χ1) is 16.0. The molecule has 3 aromatic heterocycles. The number of pyridine rings is 1. The molecule has 0 saturated carbocycles. The molecule has 9 heteroatoms. The Bertz CT molecular complexity index is 1580. The second-order valence-corrected chi connectivity index (χ2v) is 8.65. The predicted octanol–water partition coefficient (Wildman–Crippen LogP) is 5.27. The highest BCUT2D eigenvalue weighted by atomic mass is 35.5. The number of benzene rings is 2. The molecule has 2 aromatic carbocycles. The lowest BCUT2D eigenvalue weighted by Crippen LogP contribution is -2.14. The van der Waals surface area contributed by atoms with Crippen LogP contribution in [0.4, 0.5) is 11.5 Å². The van der Waals surface area contributed by atoms with Crippen molar-refractivity contribution in [1.82, 2.24) is 15.0 Å². The number of carbonyl (C=O) groups excluding carboxylic acids is 2. The van der Waals surface area contributed by atoms with E-state index in [2.05, 4.69) is 20.3 Å². The van der Waals surface area contributed by atoms with Crippen molar-refractivity contribution in [2.24, 2.45) is 0 Å². The van der Waals surface area contributed by atoms with E-state index in [1.54, 1.807) is 41.9 Å². The number of nitrogens with zero attached hydrogens (tertiary/aromatic N) is 3. The number of thiophene rings is 1. The van der Waals surface area contributed by atoms with Crippen LogP contribution < -0.4 is 11.1 Å². The molecule has 0 radical (unpaired) electrons. The van der Waals surface area contributed by atoms with E-state index in [4.69, 9.17) is 17.3 Å². The number of halogens is 1. The van der Waals surface area contributed by atoms with E-state index in [1.807, 2.05) is 19.1 Å². The van der Waals surface area contributed by atoms with Crippen molar-refractivity contribution in [3.8, 4) is 0 Å². The van der Waals surface area contributed by atoms with Crippen LogP contribution in [0.5, 0.6) is 0 Å². The van der Waals surface area contributed by atoms with Crippen LogP contribution in [0.25, 0.3) is 21.0 Å². The van der Waals surface area contributed by atoms with Gasteiger partial charge in [-0.3, -0.25) is 14.6 Å². The van der Waals surface area contributed by atoms with Gasteiger partial charge in [-0.25, -0.2) is 9.97 Å². The second kappa shape index (κ2) is 8.23. The summed E-state index contributed by atoms with van der Waals surface area (Å²) in [5, 5.41) is 6.36. The smallest absolute Gasteiger partial charge is 0.258 e. The van der Waals surface area contributed by atoms with Crippen molar-refractivity contribution in [2.45, 2.75) is 6.92 Å². The third kappa shape index (κ3) is 3.59. The molecule has 5 aromatic rings. The SMILES string of the molecule is Cc1ccc2c(C(=O)c3ccccc3Cl)nccc2c1NC(=O)c1csc2c(N)ncnc12. The Balaban J connectivity index is 1.59. The fourth-order valence-electron chi connectivity index (χ4n) is 3.69. The van der Waals surface area contributed by atoms with E-state index in [9.17, 15) is 9.59 Å². The van der Waals surface area contributed by atoms with Crippen LogP contribution in [0.15, 0.2) is 60.4 Å². The zero-order valence-electron chi connectivity index (χ0n) is 17.3. The van der Waals surface area contributed by atoms with Crippen molar-refractivity contribution in [1.29, 1.82) is 0 Å². The number of amides is 1. The van der Waals surface area contributed by atoms with Crippen LogP contribution in [-0.4, -0.2) is 26.6 Å². The Hall–Kier alpha value is -3.88. The number of anilines is 2. The van der Waals surface area contributed by atoms with Crippen LogP contribution in [-0.2, 0) is 0 Å². The average molecular weight is 474 g/mol. The normalized spacial score (nSPS) is 11.1. The molecule has 0 atom stereocenters. The standard InChI is InChI=1S/C24H16ClN5O2S/c1-12-6-7-13-14(8-9-27-19(13)21(31)15-4-2-3-5-17(15)25)18(12)30-24(32)16-10-33-22-20(16)28-11-29-23(22)26/h2-11H,1H3,(H,30,32)(H2,26,28,29). The molecule has 0 fully saturated rings. The highest BCUT2D eigenvalue weighted by molar-refractivity contribution is 7.18. The van der Waals surface area contributed by atoms with Crippen LogP contribution in [0, 0.1) is 6.92 Å². The summed E-state index contributed by atoms with van der Waals surface area (Å²) in [4.78, 5) is 38.9. The van der Waals surface area contributed by atoms with Gasteiger partial charge in [0.05, 0.1) is 26.5 Å². The maximum atomic E-state index is 13.2. The number of hydrogen-bond acceptors (Lipinski definition) is 7. The summed E-state index contributed by atoms with van der Waals surface area (Å²) in [5.41, 5.74) is 8.87. The van der Waals surface area contributed by atoms with Gasteiger partial charge in [-0.05, 0) is 30.7 Å². The third-order valence-corrected chi connectivity index (χ3v) is 6.67. The molecule has 0 unspecified atom stereocenters. The van der Waals surface area contributed by atoms with Crippen molar-refractivity contribution in [3.05, 3.63) is 87.8 Å². The highest BCUT2D eigenvalue weighted by Crippen LogP contribution is 2.32. The number of rotatable bonds is 4. The van der Waals surface area contributed by atoms with E-state index < -0.39 is 0 Å². The van der Waals surface area contributed by atoms with Gasteiger partial charge in [-0.2, -0.15) is 0 Å². The summed E-state index contributed by atoms with van der Waals surface area (Å²) in [7, 11) is 0. The second-order valence-electron chi connectivity index (χ2n) is 7.36. The molecule has 5 rings (SSSR count). The maximum absolute atomic E-state index is 13.2. The number of carbonyl (C=O) groups is 2. The number of aromatic nitrogens is 3. The number of hydrogen-bond donors (Lipinski definition) is 2. The van der Waals surface area contributed by atoms with Crippen molar-refractivity contribution < 1.29 is 9.59 Å². The number of aryl methyl sites for hydroxylation is 1. The third-order valence-electron chi connectivity index (χ3n) is 5.35. The topological polar surface area (TPSA) is 111 Å². The lowest BCUT2D eigenvalue weighted by Gasteiger charge is -2.14. The number of nitrogens with one attached hydrogen (secondary N) is 1. The van der Waals surface area contributed by atoms with E-state index in [0.717, 1.165) is 5.56 Å². The molecule has 0 spiro atoms. The monoisotopic (exact) mass is 473 g/mol. The first-order valence-corrected chi connectivity index (χ1v) is 11.2. The van der Waals surface area contributed by atoms with Gasteiger partial charge in [0.25, 0.3) is 5.91 Å². The first-order valence-electron chi connectivity index (χ1n) is 9.92. The Kier molecular flexibility index (Phi) is 5.24. The molecule has 0 bridgehead atoms. The molecule has 3 heterocycles. The zero-order valence-corrected chi connectivity index (χ0v) is 18.9. The van der Waals surface area contributed by atoms with Gasteiger partial charge < -0.3 is 11.1 Å².